The van der Waals surface area contributed by atoms with Crippen LogP contribution in [0.4, 0.5) is 5.69 Å². The molecule has 0 unspecified atom stereocenters. The second-order valence-corrected chi connectivity index (χ2v) is 11.4. The average Bonchev–Trinajstić information content (AvgIpc) is 3.28. The Kier molecular flexibility index (Phi) is 8.43. The molecule has 1 N–H and O–H groups in total. The van der Waals surface area contributed by atoms with Gasteiger partial charge < -0.3 is 19.7 Å². The molecule has 2 aliphatic heterocycles. The van der Waals surface area contributed by atoms with Crippen molar-refractivity contribution in [3.8, 4) is 0 Å². The van der Waals surface area contributed by atoms with E-state index in [1.54, 1.807) is 6.92 Å². The molecular formula is C30H38ClN5O3. The molecule has 3 heterocycles. The third-order valence-corrected chi connectivity index (χ3v) is 8.83. The number of amides is 2. The maximum absolute atomic E-state index is 13.7. The van der Waals surface area contributed by atoms with E-state index in [0.717, 1.165) is 61.2 Å². The number of benzene rings is 2. The maximum atomic E-state index is 13.7. The van der Waals surface area contributed by atoms with E-state index in [1.165, 1.54) is 0 Å². The second-order valence-electron chi connectivity index (χ2n) is 10.9. The van der Waals surface area contributed by atoms with Crippen LogP contribution in [0.2, 0.25) is 5.02 Å². The van der Waals surface area contributed by atoms with Crippen LogP contribution in [0.15, 0.2) is 47.3 Å². The predicted molar refractivity (Wildman–Crippen MR) is 155 cm³/mol. The first-order valence-corrected chi connectivity index (χ1v) is 14.4. The molecule has 2 amide bonds. The van der Waals surface area contributed by atoms with Crippen molar-refractivity contribution >= 4 is 40.1 Å². The summed E-state index contributed by atoms with van der Waals surface area (Å²) in [6.45, 7) is 8.16. The molecule has 2 aliphatic rings. The van der Waals surface area contributed by atoms with Gasteiger partial charge >= 0.3 is 5.69 Å². The van der Waals surface area contributed by atoms with Crippen molar-refractivity contribution in [2.45, 2.75) is 52.0 Å². The minimum absolute atomic E-state index is 0.0327. The summed E-state index contributed by atoms with van der Waals surface area (Å²) < 4.78 is 1.92. The minimum atomic E-state index is -0.0918. The van der Waals surface area contributed by atoms with Crippen LogP contribution in [0.3, 0.4) is 0 Å². The largest absolute Gasteiger partial charge is 0.343 e. The average molecular weight is 552 g/mol. The number of likely N-dealkylation sites (tertiary alicyclic amines) is 2. The Bertz CT molecular complexity index is 1380. The lowest BCUT2D eigenvalue weighted by atomic mass is 9.94. The fraction of sp³-hybridized carbons (Fsp3) is 0.500. The molecule has 1 aromatic heterocycles. The van der Waals surface area contributed by atoms with E-state index in [0.29, 0.717) is 37.5 Å². The molecule has 0 spiro atoms. The lowest BCUT2D eigenvalue weighted by Gasteiger charge is -2.35. The standard InChI is InChI=1S/C30H38ClN5O3/c1-21-8-9-25(20-26(21)31)35(29(38)23-10-18-34(19-11-23)22(2)37)15-5-14-33-16-12-24(13-17-33)36-28-7-4-3-6-27(28)32-30(36)39/h3-4,6-9,20,23-24H,5,10-19H2,1-2H3,(H,32,39). The quantitative estimate of drug-likeness (QED) is 0.465. The number of rotatable bonds is 7. The highest BCUT2D eigenvalue weighted by Crippen LogP contribution is 2.28. The summed E-state index contributed by atoms with van der Waals surface area (Å²) >= 11 is 6.44. The van der Waals surface area contributed by atoms with E-state index in [1.807, 2.05) is 63.8 Å². The van der Waals surface area contributed by atoms with E-state index in [-0.39, 0.29) is 29.5 Å². The number of fused-ring (bicyclic) bond motifs is 1. The zero-order valence-corrected chi connectivity index (χ0v) is 23.6. The van der Waals surface area contributed by atoms with Crippen LogP contribution in [0, 0.1) is 12.8 Å². The smallest absolute Gasteiger partial charge is 0.326 e. The first-order chi connectivity index (χ1) is 18.8. The lowest BCUT2D eigenvalue weighted by molar-refractivity contribution is -0.133. The molecule has 39 heavy (non-hydrogen) atoms. The summed E-state index contributed by atoms with van der Waals surface area (Å²) in [5.41, 5.74) is 3.65. The van der Waals surface area contributed by atoms with Gasteiger partial charge in [-0.3, -0.25) is 14.2 Å². The molecule has 208 valence electrons. The molecule has 2 saturated heterocycles. The number of hydrogen-bond acceptors (Lipinski definition) is 4. The monoisotopic (exact) mass is 551 g/mol. The maximum Gasteiger partial charge on any atom is 0.326 e. The highest BCUT2D eigenvalue weighted by atomic mass is 35.5. The molecule has 9 heteroatoms. The van der Waals surface area contributed by atoms with Gasteiger partial charge in [0, 0.05) is 62.3 Å². The first-order valence-electron chi connectivity index (χ1n) is 14.1. The van der Waals surface area contributed by atoms with Crippen molar-refractivity contribution < 1.29 is 9.59 Å². The number of H-pyrrole nitrogens is 1. The summed E-state index contributed by atoms with van der Waals surface area (Å²) in [4.78, 5) is 47.2. The van der Waals surface area contributed by atoms with Crippen molar-refractivity contribution in [2.75, 3.05) is 44.2 Å². The summed E-state index contributed by atoms with van der Waals surface area (Å²) in [7, 11) is 0. The summed E-state index contributed by atoms with van der Waals surface area (Å²) in [6, 6.07) is 13.9. The number of aryl methyl sites for hydroxylation is 1. The number of halogens is 1. The number of aromatic amines is 1. The number of para-hydroxylation sites is 2. The van der Waals surface area contributed by atoms with Crippen molar-refractivity contribution in [1.82, 2.24) is 19.4 Å². The second kappa shape index (κ2) is 12.0. The van der Waals surface area contributed by atoms with Crippen molar-refractivity contribution in [3.63, 3.8) is 0 Å². The lowest BCUT2D eigenvalue weighted by Crippen LogP contribution is -2.45. The van der Waals surface area contributed by atoms with Gasteiger partial charge in [-0.15, -0.1) is 0 Å². The number of nitrogens with zero attached hydrogens (tertiary/aromatic N) is 4. The highest BCUT2D eigenvalue weighted by Gasteiger charge is 2.30. The third-order valence-electron chi connectivity index (χ3n) is 8.42. The number of piperidine rings is 2. The van der Waals surface area contributed by atoms with Gasteiger partial charge in [0.15, 0.2) is 0 Å². The van der Waals surface area contributed by atoms with E-state index in [4.69, 9.17) is 11.6 Å². The Morgan fingerprint density at radius 2 is 1.74 bits per heavy atom. The molecule has 2 aromatic carbocycles. The fourth-order valence-electron chi connectivity index (χ4n) is 6.07. The SMILES string of the molecule is CC(=O)N1CCC(C(=O)N(CCCN2CCC(n3c(=O)[nH]c4ccccc43)CC2)c2ccc(C)c(Cl)c2)CC1. The zero-order valence-electron chi connectivity index (χ0n) is 22.9. The predicted octanol–water partition coefficient (Wildman–Crippen LogP) is 4.61. The molecule has 8 nitrogen and oxygen atoms in total. The molecule has 0 bridgehead atoms. The Morgan fingerprint density at radius 1 is 1.03 bits per heavy atom. The van der Waals surface area contributed by atoms with E-state index >= 15 is 0 Å². The molecule has 0 saturated carbocycles. The first kappa shape index (κ1) is 27.5. The summed E-state index contributed by atoms with van der Waals surface area (Å²) in [5, 5.41) is 0.659. The fourth-order valence-corrected chi connectivity index (χ4v) is 6.24. The van der Waals surface area contributed by atoms with Gasteiger partial charge in [-0.05, 0) is 75.4 Å². The van der Waals surface area contributed by atoms with Gasteiger partial charge in [0.25, 0.3) is 0 Å². The Hall–Kier alpha value is -3.10. The number of anilines is 1. The van der Waals surface area contributed by atoms with Crippen LogP contribution in [0.25, 0.3) is 11.0 Å². The Labute approximate surface area is 234 Å². The van der Waals surface area contributed by atoms with E-state index in [9.17, 15) is 14.4 Å². The van der Waals surface area contributed by atoms with Gasteiger partial charge in [0.05, 0.1) is 11.0 Å². The van der Waals surface area contributed by atoms with Crippen LogP contribution in [-0.4, -0.2) is 70.4 Å². The minimum Gasteiger partial charge on any atom is -0.343 e. The summed E-state index contributed by atoms with van der Waals surface area (Å²) in [5.74, 6) is 0.0999. The Balaban J connectivity index is 1.20. The van der Waals surface area contributed by atoms with E-state index < -0.39 is 0 Å². The molecule has 0 atom stereocenters. The van der Waals surface area contributed by atoms with Gasteiger partial charge in [0.1, 0.15) is 0 Å². The van der Waals surface area contributed by atoms with Crippen LogP contribution >= 0.6 is 11.6 Å². The number of hydrogen-bond donors (Lipinski definition) is 1. The Morgan fingerprint density at radius 3 is 2.44 bits per heavy atom. The van der Waals surface area contributed by atoms with Crippen LogP contribution in [0.5, 0.6) is 0 Å². The molecule has 0 radical (unpaired) electrons. The van der Waals surface area contributed by atoms with Gasteiger partial charge in [-0.2, -0.15) is 0 Å². The molecule has 0 aliphatic carbocycles. The number of carbonyl (C=O) groups excluding carboxylic acids is 2. The zero-order chi connectivity index (χ0) is 27.5. The van der Waals surface area contributed by atoms with Gasteiger partial charge in [-0.1, -0.05) is 29.8 Å². The number of carbonyl (C=O) groups is 2. The van der Waals surface area contributed by atoms with Crippen molar-refractivity contribution in [1.29, 1.82) is 0 Å². The van der Waals surface area contributed by atoms with Crippen LogP contribution in [-0.2, 0) is 9.59 Å². The molecule has 5 rings (SSSR count). The van der Waals surface area contributed by atoms with Crippen molar-refractivity contribution in [2.24, 2.45) is 5.92 Å². The molecular weight excluding hydrogens is 514 g/mol. The number of imidazole rings is 1. The topological polar surface area (TPSA) is 81.7 Å². The molecule has 2 fully saturated rings. The van der Waals surface area contributed by atoms with Gasteiger partial charge in [-0.25, -0.2) is 4.79 Å². The number of aromatic nitrogens is 2. The van der Waals surface area contributed by atoms with Gasteiger partial charge in [0.2, 0.25) is 11.8 Å². The van der Waals surface area contributed by atoms with Crippen LogP contribution in [0.1, 0.15) is 50.6 Å². The third kappa shape index (κ3) is 6.07. The van der Waals surface area contributed by atoms with Crippen LogP contribution < -0.4 is 10.6 Å². The van der Waals surface area contributed by atoms with E-state index in [2.05, 4.69) is 9.88 Å². The highest BCUT2D eigenvalue weighted by molar-refractivity contribution is 6.31. The van der Waals surface area contributed by atoms with Crippen molar-refractivity contribution in [3.05, 3.63) is 63.5 Å². The molecule has 3 aromatic rings. The number of nitrogens with one attached hydrogen (secondary N) is 1. The normalized spacial score (nSPS) is 17.6. The summed E-state index contributed by atoms with van der Waals surface area (Å²) in [6.07, 6.45) is 4.07.